The number of rotatable bonds is 6. The molecular weight excluding hydrogens is 250 g/mol. The molecule has 0 aliphatic heterocycles. The molecule has 0 amide bonds. The lowest BCUT2D eigenvalue weighted by Gasteiger charge is -2.35. The number of hydrogen-bond donors (Lipinski definition) is 1. The molecule has 0 radical (unpaired) electrons. The van der Waals surface area contributed by atoms with E-state index in [2.05, 4.69) is 43.0 Å². The number of aliphatic carboxylic acids is 1. The molecule has 3 nitrogen and oxygen atoms in total. The predicted molar refractivity (Wildman–Crippen MR) is 80.8 cm³/mol. The molecule has 1 saturated carbocycles. The van der Waals surface area contributed by atoms with Crippen molar-refractivity contribution in [2.24, 2.45) is 0 Å². The Bertz CT molecular complexity index is 435. The van der Waals surface area contributed by atoms with Gasteiger partial charge in [-0.2, -0.15) is 0 Å². The van der Waals surface area contributed by atoms with Gasteiger partial charge in [0.2, 0.25) is 0 Å². The summed E-state index contributed by atoms with van der Waals surface area (Å²) in [4.78, 5) is 13.4. The summed E-state index contributed by atoms with van der Waals surface area (Å²) >= 11 is 0. The fourth-order valence-corrected chi connectivity index (χ4v) is 3.34. The van der Waals surface area contributed by atoms with Crippen LogP contribution in [0.15, 0.2) is 24.3 Å². The van der Waals surface area contributed by atoms with E-state index < -0.39 is 5.97 Å². The van der Waals surface area contributed by atoms with E-state index in [0.29, 0.717) is 6.04 Å². The molecule has 0 saturated heterocycles. The Morgan fingerprint density at radius 1 is 1.30 bits per heavy atom. The maximum absolute atomic E-state index is 11.2. The Morgan fingerprint density at radius 2 is 1.90 bits per heavy atom. The van der Waals surface area contributed by atoms with Gasteiger partial charge in [0.05, 0.1) is 6.54 Å². The highest BCUT2D eigenvalue weighted by Crippen LogP contribution is 2.32. The van der Waals surface area contributed by atoms with Crippen molar-refractivity contribution in [3.8, 4) is 0 Å². The third-order valence-corrected chi connectivity index (χ3v) is 4.36. The molecule has 1 aromatic carbocycles. The van der Waals surface area contributed by atoms with Crippen LogP contribution in [0, 0.1) is 6.92 Å². The number of benzene rings is 1. The quantitative estimate of drug-likeness (QED) is 0.859. The first kappa shape index (κ1) is 15.0. The van der Waals surface area contributed by atoms with Gasteiger partial charge in [-0.05, 0) is 31.7 Å². The largest absolute Gasteiger partial charge is 0.480 e. The van der Waals surface area contributed by atoms with Crippen LogP contribution < -0.4 is 0 Å². The molecule has 20 heavy (non-hydrogen) atoms. The first-order chi connectivity index (χ1) is 9.61. The fourth-order valence-electron chi connectivity index (χ4n) is 3.34. The summed E-state index contributed by atoms with van der Waals surface area (Å²) in [5.41, 5.74) is 2.49. The number of carboxylic acids is 1. The molecule has 1 atom stereocenters. The second-order valence-electron chi connectivity index (χ2n) is 5.84. The highest BCUT2D eigenvalue weighted by Gasteiger charge is 2.30. The monoisotopic (exact) mass is 275 g/mol. The summed E-state index contributed by atoms with van der Waals surface area (Å²) < 4.78 is 0. The Balaban J connectivity index is 2.23. The average Bonchev–Trinajstić information content (AvgIpc) is 2.94. The predicted octanol–water partition coefficient (Wildman–Crippen LogP) is 3.78. The third-order valence-electron chi connectivity index (χ3n) is 4.36. The summed E-state index contributed by atoms with van der Waals surface area (Å²) in [5.74, 6) is -0.720. The van der Waals surface area contributed by atoms with Crippen LogP contribution in [0.25, 0.3) is 0 Å². The van der Waals surface area contributed by atoms with E-state index in [9.17, 15) is 9.90 Å². The molecular formula is C17H25NO2. The van der Waals surface area contributed by atoms with Crippen molar-refractivity contribution in [1.29, 1.82) is 0 Å². The maximum Gasteiger partial charge on any atom is 0.317 e. The molecule has 1 unspecified atom stereocenters. The van der Waals surface area contributed by atoms with Gasteiger partial charge in [0.25, 0.3) is 0 Å². The normalized spacial score (nSPS) is 17.6. The number of hydrogen-bond acceptors (Lipinski definition) is 2. The fraction of sp³-hybridized carbons (Fsp3) is 0.588. The first-order valence-corrected chi connectivity index (χ1v) is 7.66. The van der Waals surface area contributed by atoms with Crippen molar-refractivity contribution in [2.75, 3.05) is 6.54 Å². The number of carboxylic acid groups (broad SMARTS) is 1. The lowest BCUT2D eigenvalue weighted by Crippen LogP contribution is -2.40. The lowest BCUT2D eigenvalue weighted by atomic mass is 9.99. The highest BCUT2D eigenvalue weighted by atomic mass is 16.4. The standard InChI is InChI=1S/C17H25NO2/c1-3-16(14-10-8-13(2)9-11-14)18(12-17(19)20)15-6-4-5-7-15/h8-11,15-16H,3-7,12H2,1-2H3,(H,19,20). The van der Waals surface area contributed by atoms with Crippen LogP contribution in [0.3, 0.4) is 0 Å². The zero-order chi connectivity index (χ0) is 14.5. The number of nitrogens with zero attached hydrogens (tertiary/aromatic N) is 1. The topological polar surface area (TPSA) is 40.5 Å². The molecule has 0 aromatic heterocycles. The smallest absolute Gasteiger partial charge is 0.317 e. The van der Waals surface area contributed by atoms with Gasteiger partial charge in [-0.1, -0.05) is 49.6 Å². The van der Waals surface area contributed by atoms with Crippen molar-refractivity contribution in [3.05, 3.63) is 35.4 Å². The minimum atomic E-state index is -0.720. The number of carbonyl (C=O) groups is 1. The van der Waals surface area contributed by atoms with E-state index in [1.54, 1.807) is 0 Å². The van der Waals surface area contributed by atoms with Crippen LogP contribution in [-0.4, -0.2) is 28.6 Å². The Labute approximate surface area is 121 Å². The molecule has 110 valence electrons. The zero-order valence-corrected chi connectivity index (χ0v) is 12.5. The molecule has 1 fully saturated rings. The van der Waals surface area contributed by atoms with Gasteiger partial charge in [0, 0.05) is 12.1 Å². The minimum absolute atomic E-state index is 0.150. The molecule has 0 bridgehead atoms. The minimum Gasteiger partial charge on any atom is -0.480 e. The van der Waals surface area contributed by atoms with Crippen molar-refractivity contribution >= 4 is 5.97 Å². The lowest BCUT2D eigenvalue weighted by molar-refractivity contribution is -0.139. The van der Waals surface area contributed by atoms with Crippen LogP contribution in [0.4, 0.5) is 0 Å². The zero-order valence-electron chi connectivity index (χ0n) is 12.5. The molecule has 0 spiro atoms. The van der Waals surface area contributed by atoms with E-state index in [4.69, 9.17) is 0 Å². The highest BCUT2D eigenvalue weighted by molar-refractivity contribution is 5.69. The van der Waals surface area contributed by atoms with Crippen LogP contribution in [0.2, 0.25) is 0 Å². The Hall–Kier alpha value is -1.35. The van der Waals surface area contributed by atoms with Gasteiger partial charge < -0.3 is 5.11 Å². The summed E-state index contributed by atoms with van der Waals surface area (Å²) in [6.45, 7) is 4.38. The van der Waals surface area contributed by atoms with Crippen molar-refractivity contribution in [1.82, 2.24) is 4.90 Å². The summed E-state index contributed by atoms with van der Waals surface area (Å²) in [6.07, 6.45) is 5.67. The molecule has 1 N–H and O–H groups in total. The van der Waals surface area contributed by atoms with Crippen LogP contribution in [-0.2, 0) is 4.79 Å². The first-order valence-electron chi connectivity index (χ1n) is 7.66. The molecule has 1 aromatic rings. The van der Waals surface area contributed by atoms with Gasteiger partial charge >= 0.3 is 5.97 Å². The second kappa shape index (κ2) is 6.89. The summed E-state index contributed by atoms with van der Waals surface area (Å²) in [5, 5.41) is 9.24. The van der Waals surface area contributed by atoms with Gasteiger partial charge in [-0.3, -0.25) is 9.69 Å². The van der Waals surface area contributed by atoms with Crippen LogP contribution in [0.1, 0.15) is 56.2 Å². The maximum atomic E-state index is 11.2. The number of aryl methyl sites for hydroxylation is 1. The van der Waals surface area contributed by atoms with Gasteiger partial charge in [0.15, 0.2) is 0 Å². The molecule has 2 rings (SSSR count). The van der Waals surface area contributed by atoms with Crippen LogP contribution >= 0.6 is 0 Å². The molecule has 1 aliphatic carbocycles. The second-order valence-corrected chi connectivity index (χ2v) is 5.84. The van der Waals surface area contributed by atoms with E-state index in [-0.39, 0.29) is 12.6 Å². The molecule has 3 heteroatoms. The summed E-state index contributed by atoms with van der Waals surface area (Å²) in [7, 11) is 0. The van der Waals surface area contributed by atoms with Crippen molar-refractivity contribution in [2.45, 2.75) is 58.0 Å². The Kier molecular flexibility index (Phi) is 5.18. The summed E-state index contributed by atoms with van der Waals surface area (Å²) in [6, 6.07) is 9.17. The Morgan fingerprint density at radius 3 is 2.40 bits per heavy atom. The van der Waals surface area contributed by atoms with E-state index in [1.165, 1.54) is 24.0 Å². The van der Waals surface area contributed by atoms with E-state index in [0.717, 1.165) is 19.3 Å². The van der Waals surface area contributed by atoms with E-state index in [1.807, 2.05) is 0 Å². The van der Waals surface area contributed by atoms with Crippen molar-refractivity contribution < 1.29 is 9.90 Å². The molecule has 1 aliphatic rings. The van der Waals surface area contributed by atoms with Gasteiger partial charge in [-0.25, -0.2) is 0 Å². The third kappa shape index (κ3) is 3.60. The average molecular weight is 275 g/mol. The van der Waals surface area contributed by atoms with Gasteiger partial charge in [-0.15, -0.1) is 0 Å². The molecule has 0 heterocycles. The van der Waals surface area contributed by atoms with Crippen molar-refractivity contribution in [3.63, 3.8) is 0 Å². The van der Waals surface area contributed by atoms with E-state index >= 15 is 0 Å². The van der Waals surface area contributed by atoms with Crippen LogP contribution in [0.5, 0.6) is 0 Å². The SMILES string of the molecule is CCC(c1ccc(C)cc1)N(CC(=O)O)C1CCCC1. The van der Waals surface area contributed by atoms with Gasteiger partial charge in [0.1, 0.15) is 0 Å².